The fourth-order valence-corrected chi connectivity index (χ4v) is 1.86. The van der Waals surface area contributed by atoms with Gasteiger partial charge in [0, 0.05) is 12.8 Å². The van der Waals surface area contributed by atoms with Crippen LogP contribution in [0, 0.1) is 6.92 Å². The van der Waals surface area contributed by atoms with Gasteiger partial charge in [0.25, 0.3) is 5.91 Å². The van der Waals surface area contributed by atoms with E-state index in [0.29, 0.717) is 12.8 Å². The van der Waals surface area contributed by atoms with E-state index in [4.69, 9.17) is 5.84 Å². The van der Waals surface area contributed by atoms with E-state index in [2.05, 4.69) is 5.10 Å². The molecular formula is C13H16N4O2. The lowest BCUT2D eigenvalue weighted by atomic mass is 10.0. The van der Waals surface area contributed by atoms with E-state index >= 15 is 0 Å². The molecule has 0 fully saturated rings. The second-order valence-corrected chi connectivity index (χ2v) is 4.43. The topological polar surface area (TPSA) is 87.8 Å². The molecule has 0 atom stereocenters. The first-order valence-corrected chi connectivity index (χ1v) is 6.04. The molecule has 0 unspecified atom stereocenters. The molecule has 6 nitrogen and oxygen atoms in total. The van der Waals surface area contributed by atoms with Gasteiger partial charge in [-0.2, -0.15) is 5.10 Å². The third kappa shape index (κ3) is 3.17. The van der Waals surface area contributed by atoms with Gasteiger partial charge >= 0.3 is 0 Å². The third-order valence-corrected chi connectivity index (χ3v) is 2.94. The quantitative estimate of drug-likeness (QED) is 0.466. The van der Waals surface area contributed by atoms with E-state index in [9.17, 15) is 9.59 Å². The molecule has 1 aliphatic rings. The highest BCUT2D eigenvalue weighted by Crippen LogP contribution is 2.15. The van der Waals surface area contributed by atoms with Crippen molar-refractivity contribution in [3.63, 3.8) is 0 Å². The lowest BCUT2D eigenvalue weighted by molar-refractivity contribution is -0.136. The second kappa shape index (κ2) is 5.62. The lowest BCUT2D eigenvalue weighted by Gasteiger charge is -2.22. The molecule has 0 bridgehead atoms. The van der Waals surface area contributed by atoms with Crippen molar-refractivity contribution in [3.8, 4) is 0 Å². The molecule has 0 spiro atoms. The largest absolute Gasteiger partial charge is 0.293 e. The summed E-state index contributed by atoms with van der Waals surface area (Å²) in [6.07, 6.45) is 0.938. The number of hydrogen-bond donors (Lipinski definition) is 2. The van der Waals surface area contributed by atoms with Crippen LogP contribution >= 0.6 is 0 Å². The summed E-state index contributed by atoms with van der Waals surface area (Å²) in [5.41, 5.74) is 4.93. The van der Waals surface area contributed by atoms with E-state index in [-0.39, 0.29) is 12.5 Å². The standard InChI is InChI=1S/C13H16N4O2/c1-9-2-4-10(5-3-9)11-6-7-13(19)17(16-11)8-12(18)15-14/h2-5H,6-8,14H2,1H3,(H,15,18). The molecule has 1 aliphatic heterocycles. The van der Waals surface area contributed by atoms with Gasteiger partial charge in [0.2, 0.25) is 5.91 Å². The van der Waals surface area contributed by atoms with E-state index in [1.807, 2.05) is 36.6 Å². The van der Waals surface area contributed by atoms with Crippen molar-refractivity contribution in [1.82, 2.24) is 10.4 Å². The molecule has 6 heteroatoms. The summed E-state index contributed by atoms with van der Waals surface area (Å²) in [7, 11) is 0. The summed E-state index contributed by atoms with van der Waals surface area (Å²) < 4.78 is 0. The van der Waals surface area contributed by atoms with Crippen LogP contribution in [0.2, 0.25) is 0 Å². The van der Waals surface area contributed by atoms with Crippen LogP contribution in [0.4, 0.5) is 0 Å². The van der Waals surface area contributed by atoms with Gasteiger partial charge in [-0.25, -0.2) is 10.9 Å². The number of hydrogen-bond acceptors (Lipinski definition) is 4. The van der Waals surface area contributed by atoms with E-state index in [0.717, 1.165) is 16.8 Å². The van der Waals surface area contributed by atoms with Crippen molar-refractivity contribution < 1.29 is 9.59 Å². The number of amides is 2. The summed E-state index contributed by atoms with van der Waals surface area (Å²) in [5.74, 6) is 4.40. The van der Waals surface area contributed by atoms with Crippen molar-refractivity contribution in [2.75, 3.05) is 6.54 Å². The van der Waals surface area contributed by atoms with Crippen LogP contribution in [0.15, 0.2) is 29.4 Å². The first-order valence-electron chi connectivity index (χ1n) is 6.04. The minimum atomic E-state index is -0.442. The SMILES string of the molecule is Cc1ccc(C2=NN(CC(=O)NN)C(=O)CC2)cc1. The Bertz CT molecular complexity index is 522. The van der Waals surface area contributed by atoms with E-state index < -0.39 is 5.91 Å². The highest BCUT2D eigenvalue weighted by atomic mass is 16.2. The zero-order valence-electron chi connectivity index (χ0n) is 10.7. The van der Waals surface area contributed by atoms with E-state index in [1.54, 1.807) is 0 Å². The molecule has 0 aliphatic carbocycles. The molecule has 2 rings (SSSR count). The lowest BCUT2D eigenvalue weighted by Crippen LogP contribution is -2.42. The van der Waals surface area contributed by atoms with Crippen molar-refractivity contribution in [2.45, 2.75) is 19.8 Å². The number of rotatable bonds is 3. The highest BCUT2D eigenvalue weighted by molar-refractivity contribution is 6.04. The number of nitrogens with zero attached hydrogens (tertiary/aromatic N) is 2. The summed E-state index contributed by atoms with van der Waals surface area (Å²) >= 11 is 0. The number of nitrogens with one attached hydrogen (secondary N) is 1. The van der Waals surface area contributed by atoms with Crippen molar-refractivity contribution >= 4 is 17.5 Å². The summed E-state index contributed by atoms with van der Waals surface area (Å²) in [5, 5.41) is 5.40. The monoisotopic (exact) mass is 260 g/mol. The average Bonchev–Trinajstić information content (AvgIpc) is 2.42. The molecule has 19 heavy (non-hydrogen) atoms. The molecule has 0 saturated heterocycles. The van der Waals surface area contributed by atoms with Gasteiger partial charge in [-0.1, -0.05) is 29.8 Å². The molecule has 1 heterocycles. The number of hydrazone groups is 1. The van der Waals surface area contributed by atoms with Crippen LogP contribution in [0.5, 0.6) is 0 Å². The Labute approximate surface area is 111 Å². The first-order chi connectivity index (χ1) is 9.10. The Kier molecular flexibility index (Phi) is 3.91. The smallest absolute Gasteiger partial charge is 0.255 e. The predicted octanol–water partition coefficient (Wildman–Crippen LogP) is 0.311. The fraction of sp³-hybridized carbons (Fsp3) is 0.308. The van der Waals surface area contributed by atoms with Gasteiger partial charge < -0.3 is 0 Å². The molecule has 3 N–H and O–H groups in total. The number of nitrogens with two attached hydrogens (primary N) is 1. The number of aryl methyl sites for hydroxylation is 1. The van der Waals surface area contributed by atoms with Crippen molar-refractivity contribution in [2.24, 2.45) is 10.9 Å². The zero-order valence-corrected chi connectivity index (χ0v) is 10.7. The molecule has 0 aromatic heterocycles. The molecule has 0 radical (unpaired) electrons. The van der Waals surface area contributed by atoms with Gasteiger partial charge in [-0.3, -0.25) is 15.0 Å². The highest BCUT2D eigenvalue weighted by Gasteiger charge is 2.22. The third-order valence-electron chi connectivity index (χ3n) is 2.94. The molecule has 2 amide bonds. The summed E-state index contributed by atoms with van der Waals surface area (Å²) in [6.45, 7) is 1.86. The summed E-state index contributed by atoms with van der Waals surface area (Å²) in [6, 6.07) is 7.91. The maximum atomic E-state index is 11.7. The number of carbonyl (C=O) groups is 2. The van der Waals surface area contributed by atoms with Crippen LogP contribution in [0.25, 0.3) is 0 Å². The van der Waals surface area contributed by atoms with Crippen LogP contribution in [-0.2, 0) is 9.59 Å². The Morgan fingerprint density at radius 2 is 2.05 bits per heavy atom. The Hall–Kier alpha value is -2.21. The maximum Gasteiger partial charge on any atom is 0.255 e. The van der Waals surface area contributed by atoms with Crippen LogP contribution in [0.1, 0.15) is 24.0 Å². The Morgan fingerprint density at radius 1 is 1.37 bits per heavy atom. The minimum absolute atomic E-state index is 0.148. The number of hydrazine groups is 1. The van der Waals surface area contributed by atoms with Gasteiger partial charge in [0.05, 0.1) is 5.71 Å². The van der Waals surface area contributed by atoms with Gasteiger partial charge in [0.15, 0.2) is 0 Å². The predicted molar refractivity (Wildman–Crippen MR) is 71.0 cm³/mol. The van der Waals surface area contributed by atoms with Gasteiger partial charge in [-0.05, 0) is 12.5 Å². The number of carbonyl (C=O) groups excluding carboxylic acids is 2. The van der Waals surface area contributed by atoms with Crippen molar-refractivity contribution in [3.05, 3.63) is 35.4 Å². The fourth-order valence-electron chi connectivity index (χ4n) is 1.86. The molecule has 1 aromatic rings. The number of benzene rings is 1. The first kappa shape index (κ1) is 13.2. The molecule has 1 aromatic carbocycles. The molecule has 0 saturated carbocycles. The Morgan fingerprint density at radius 3 is 2.68 bits per heavy atom. The normalized spacial score (nSPS) is 15.2. The Balaban J connectivity index is 2.21. The van der Waals surface area contributed by atoms with Crippen molar-refractivity contribution in [1.29, 1.82) is 0 Å². The van der Waals surface area contributed by atoms with Crippen LogP contribution in [0.3, 0.4) is 0 Å². The molecular weight excluding hydrogens is 244 g/mol. The van der Waals surface area contributed by atoms with Crippen LogP contribution < -0.4 is 11.3 Å². The molecule has 100 valence electrons. The summed E-state index contributed by atoms with van der Waals surface area (Å²) in [4.78, 5) is 22.9. The zero-order chi connectivity index (χ0) is 13.8. The maximum absolute atomic E-state index is 11.7. The van der Waals surface area contributed by atoms with E-state index in [1.165, 1.54) is 5.01 Å². The minimum Gasteiger partial charge on any atom is -0.293 e. The van der Waals surface area contributed by atoms with Crippen LogP contribution in [-0.4, -0.2) is 29.1 Å². The second-order valence-electron chi connectivity index (χ2n) is 4.43. The average molecular weight is 260 g/mol. The van der Waals surface area contributed by atoms with Gasteiger partial charge in [0.1, 0.15) is 6.54 Å². The van der Waals surface area contributed by atoms with Gasteiger partial charge in [-0.15, -0.1) is 0 Å².